The van der Waals surface area contributed by atoms with Crippen LogP contribution in [0.5, 0.6) is 0 Å². The number of urea groups is 1. The summed E-state index contributed by atoms with van der Waals surface area (Å²) in [5, 5.41) is 7.60. The molecule has 1 saturated carbocycles. The van der Waals surface area contributed by atoms with Crippen LogP contribution < -0.4 is 16.4 Å². The number of nitrogens with one attached hydrogen (secondary N) is 2. The van der Waals surface area contributed by atoms with Gasteiger partial charge in [0.2, 0.25) is 5.91 Å². The second-order valence-corrected chi connectivity index (χ2v) is 13.0. The Bertz CT molecular complexity index is 1550. The van der Waals surface area contributed by atoms with Gasteiger partial charge >= 0.3 is 6.03 Å². The molecule has 0 spiro atoms. The fourth-order valence-electron chi connectivity index (χ4n) is 7.09. The van der Waals surface area contributed by atoms with Crippen molar-refractivity contribution >= 4 is 34.4 Å². The Hall–Kier alpha value is -3.88. The number of hydrogen-bond donors (Lipinski definition) is 3. The van der Waals surface area contributed by atoms with Gasteiger partial charge in [0.25, 0.3) is 5.91 Å². The highest BCUT2D eigenvalue weighted by Gasteiger charge is 2.35. The highest BCUT2D eigenvalue weighted by atomic mass is 19.1. The SMILES string of the molecule is CC1(C)CC(=O)n2c(c(-c3ccc(C(N)=O)c(NC4CCC(NC(=O)N5CCCCC5)CC4)c3)c3ccc(F)cc32)C1. The van der Waals surface area contributed by atoms with Crippen LogP contribution >= 0.6 is 0 Å². The van der Waals surface area contributed by atoms with Crippen molar-refractivity contribution in [1.82, 2.24) is 14.8 Å². The third-order valence-corrected chi connectivity index (χ3v) is 9.19. The number of nitrogens with zero attached hydrogens (tertiary/aromatic N) is 2. The first kappa shape index (κ1) is 28.2. The van der Waals surface area contributed by atoms with Crippen molar-refractivity contribution in [2.45, 2.75) is 83.7 Å². The van der Waals surface area contributed by atoms with Crippen LogP contribution in [0.4, 0.5) is 14.9 Å². The minimum atomic E-state index is -0.520. The van der Waals surface area contributed by atoms with Gasteiger partial charge in [0.1, 0.15) is 5.82 Å². The summed E-state index contributed by atoms with van der Waals surface area (Å²) in [7, 11) is 0. The maximum absolute atomic E-state index is 14.3. The number of primary amides is 1. The molecule has 222 valence electrons. The third-order valence-electron chi connectivity index (χ3n) is 9.19. The van der Waals surface area contributed by atoms with Gasteiger partial charge in [-0.1, -0.05) is 19.9 Å². The molecule has 2 aromatic carbocycles. The Morgan fingerprint density at radius 3 is 2.38 bits per heavy atom. The Morgan fingerprint density at radius 2 is 1.67 bits per heavy atom. The van der Waals surface area contributed by atoms with Crippen LogP contribution in [-0.4, -0.2) is 52.5 Å². The number of fused-ring (bicyclic) bond motifs is 3. The summed E-state index contributed by atoms with van der Waals surface area (Å²) in [5.41, 5.74) is 9.77. The summed E-state index contributed by atoms with van der Waals surface area (Å²) >= 11 is 0. The third kappa shape index (κ3) is 5.49. The summed E-state index contributed by atoms with van der Waals surface area (Å²) in [6, 6.07) is 10.4. The molecule has 3 heterocycles. The van der Waals surface area contributed by atoms with Crippen LogP contribution in [-0.2, 0) is 6.42 Å². The van der Waals surface area contributed by atoms with Gasteiger partial charge in [-0.15, -0.1) is 0 Å². The van der Waals surface area contributed by atoms with E-state index in [2.05, 4.69) is 24.5 Å². The van der Waals surface area contributed by atoms with Gasteiger partial charge in [-0.25, -0.2) is 9.18 Å². The first-order chi connectivity index (χ1) is 20.1. The van der Waals surface area contributed by atoms with E-state index in [9.17, 15) is 18.8 Å². The standard InChI is InChI=1S/C33H40FN5O3/c1-33(2)18-28-30(25-13-7-21(34)17-27(25)39(28)29(40)19-33)20-6-12-24(31(35)41)26(16-20)36-22-8-10-23(11-9-22)37-32(42)38-14-4-3-5-15-38/h6-7,12-13,16-17,22-23,36H,3-5,8-11,14-15,18-19H2,1-2H3,(H2,35,41)(H,37,42). The van der Waals surface area contributed by atoms with Crippen molar-refractivity contribution in [2.75, 3.05) is 18.4 Å². The Balaban J connectivity index is 1.27. The number of amides is 3. The molecule has 1 aliphatic carbocycles. The zero-order valence-corrected chi connectivity index (χ0v) is 24.5. The lowest BCUT2D eigenvalue weighted by molar-refractivity contribution is 0.0816. The van der Waals surface area contributed by atoms with E-state index in [1.54, 1.807) is 16.7 Å². The number of piperidine rings is 1. The maximum Gasteiger partial charge on any atom is 0.317 e. The predicted octanol–water partition coefficient (Wildman–Crippen LogP) is 6.08. The quantitative estimate of drug-likeness (QED) is 0.344. The number of nitrogens with two attached hydrogens (primary N) is 1. The van der Waals surface area contributed by atoms with Crippen LogP contribution in [0.25, 0.3) is 22.0 Å². The van der Waals surface area contributed by atoms with E-state index < -0.39 is 5.91 Å². The maximum atomic E-state index is 14.3. The fourth-order valence-corrected chi connectivity index (χ4v) is 7.09. The van der Waals surface area contributed by atoms with E-state index in [0.717, 1.165) is 73.8 Å². The minimum absolute atomic E-state index is 0.0412. The van der Waals surface area contributed by atoms with E-state index in [0.29, 0.717) is 29.6 Å². The lowest BCUT2D eigenvalue weighted by Crippen LogP contribution is -2.48. The van der Waals surface area contributed by atoms with Gasteiger partial charge in [-0.05, 0) is 92.7 Å². The van der Waals surface area contributed by atoms with Crippen LogP contribution in [0.3, 0.4) is 0 Å². The van der Waals surface area contributed by atoms with E-state index in [-0.39, 0.29) is 35.3 Å². The topological polar surface area (TPSA) is 109 Å². The average molecular weight is 574 g/mol. The van der Waals surface area contributed by atoms with E-state index >= 15 is 0 Å². The second-order valence-electron chi connectivity index (χ2n) is 13.0. The number of benzene rings is 2. The number of aromatic nitrogens is 1. The number of anilines is 1. The number of hydrogen-bond acceptors (Lipinski definition) is 4. The lowest BCUT2D eigenvalue weighted by atomic mass is 9.80. The Kier molecular flexibility index (Phi) is 7.45. The smallest absolute Gasteiger partial charge is 0.317 e. The summed E-state index contributed by atoms with van der Waals surface area (Å²) in [4.78, 5) is 40.3. The van der Waals surface area contributed by atoms with Gasteiger partial charge in [0.15, 0.2) is 0 Å². The van der Waals surface area contributed by atoms with Gasteiger partial charge in [-0.2, -0.15) is 0 Å². The minimum Gasteiger partial charge on any atom is -0.382 e. The molecule has 1 aromatic heterocycles. The second kappa shape index (κ2) is 11.1. The molecular formula is C33H40FN5O3. The van der Waals surface area contributed by atoms with Crippen molar-refractivity contribution in [1.29, 1.82) is 0 Å². The number of carbonyl (C=O) groups is 3. The number of halogens is 1. The summed E-state index contributed by atoms with van der Waals surface area (Å²) in [5.74, 6) is -0.950. The van der Waals surface area contributed by atoms with Gasteiger partial charge in [0.05, 0.1) is 11.1 Å². The fraction of sp³-hybridized carbons (Fsp3) is 0.485. The monoisotopic (exact) mass is 573 g/mol. The van der Waals surface area contributed by atoms with Crippen molar-refractivity contribution in [3.8, 4) is 11.1 Å². The van der Waals surface area contributed by atoms with Crippen LogP contribution in [0.1, 0.15) is 86.1 Å². The zero-order valence-electron chi connectivity index (χ0n) is 24.5. The molecule has 3 aromatic rings. The predicted molar refractivity (Wildman–Crippen MR) is 162 cm³/mol. The number of rotatable bonds is 5. The molecule has 0 radical (unpaired) electrons. The van der Waals surface area contributed by atoms with E-state index in [4.69, 9.17) is 5.73 Å². The number of carbonyl (C=O) groups excluding carboxylic acids is 3. The molecule has 9 heteroatoms. The van der Waals surface area contributed by atoms with Crippen LogP contribution in [0.2, 0.25) is 0 Å². The van der Waals surface area contributed by atoms with E-state index in [1.165, 1.54) is 18.6 Å². The normalized spacial score (nSPS) is 22.1. The molecule has 0 bridgehead atoms. The first-order valence-electron chi connectivity index (χ1n) is 15.2. The highest BCUT2D eigenvalue weighted by Crippen LogP contribution is 2.43. The molecule has 4 N–H and O–H groups in total. The number of likely N-dealkylation sites (tertiary alicyclic amines) is 1. The molecule has 8 nitrogen and oxygen atoms in total. The van der Waals surface area contributed by atoms with Crippen molar-refractivity contribution in [3.63, 3.8) is 0 Å². The molecule has 0 unspecified atom stereocenters. The van der Waals surface area contributed by atoms with Gasteiger partial charge < -0.3 is 21.3 Å². The lowest BCUT2D eigenvalue weighted by Gasteiger charge is -2.33. The largest absolute Gasteiger partial charge is 0.382 e. The molecule has 3 aliphatic rings. The average Bonchev–Trinajstić information content (AvgIpc) is 3.26. The van der Waals surface area contributed by atoms with Crippen molar-refractivity contribution in [3.05, 3.63) is 53.5 Å². The van der Waals surface area contributed by atoms with Crippen molar-refractivity contribution < 1.29 is 18.8 Å². The van der Waals surface area contributed by atoms with Gasteiger partial charge in [0, 0.05) is 53.9 Å². The zero-order chi connectivity index (χ0) is 29.6. The Labute approximate surface area is 245 Å². The molecule has 0 atom stereocenters. The summed E-state index contributed by atoms with van der Waals surface area (Å²) in [6.07, 6.45) is 7.77. The van der Waals surface area contributed by atoms with Crippen LogP contribution in [0.15, 0.2) is 36.4 Å². The van der Waals surface area contributed by atoms with Gasteiger partial charge in [-0.3, -0.25) is 14.2 Å². The summed E-state index contributed by atoms with van der Waals surface area (Å²) in [6.45, 7) is 5.81. The summed E-state index contributed by atoms with van der Waals surface area (Å²) < 4.78 is 16.0. The van der Waals surface area contributed by atoms with Crippen LogP contribution in [0, 0.1) is 11.2 Å². The molecule has 2 fully saturated rings. The highest BCUT2D eigenvalue weighted by molar-refractivity contribution is 6.06. The molecule has 3 amide bonds. The molecule has 42 heavy (non-hydrogen) atoms. The molecule has 1 saturated heterocycles. The molecular weight excluding hydrogens is 533 g/mol. The van der Waals surface area contributed by atoms with Crippen molar-refractivity contribution in [2.24, 2.45) is 11.1 Å². The molecule has 2 aliphatic heterocycles. The van der Waals surface area contributed by atoms with E-state index in [1.807, 2.05) is 17.0 Å². The first-order valence-corrected chi connectivity index (χ1v) is 15.2. The Morgan fingerprint density at radius 1 is 0.952 bits per heavy atom. The molecule has 6 rings (SSSR count).